The molecule has 8 N–H and O–H groups in total. The van der Waals surface area contributed by atoms with Crippen molar-refractivity contribution >= 4 is 11.9 Å². The first-order chi connectivity index (χ1) is 16.4. The molecule has 10 atom stereocenters. The van der Waals surface area contributed by atoms with Gasteiger partial charge in [0.1, 0.15) is 36.6 Å². The number of aliphatic carboxylic acids is 1. The van der Waals surface area contributed by atoms with Gasteiger partial charge >= 0.3 is 11.9 Å². The lowest BCUT2D eigenvalue weighted by Gasteiger charge is -2.46. The highest BCUT2D eigenvalue weighted by Gasteiger charge is 2.57. The predicted octanol–water partition coefficient (Wildman–Crippen LogP) is -4.41. The fourth-order valence-electron chi connectivity index (χ4n) is 3.86. The van der Waals surface area contributed by atoms with Crippen molar-refractivity contribution in [1.29, 1.82) is 0 Å². The van der Waals surface area contributed by atoms with Crippen LogP contribution in [0.4, 0.5) is 0 Å². The second kappa shape index (κ2) is 12.0. The van der Waals surface area contributed by atoms with Crippen molar-refractivity contribution < 1.29 is 74.1 Å². The Morgan fingerprint density at radius 2 is 1.51 bits per heavy atom. The van der Waals surface area contributed by atoms with Crippen LogP contribution >= 0.6 is 0 Å². The molecule has 2 aliphatic heterocycles. The molecule has 2 saturated heterocycles. The fourth-order valence-corrected chi connectivity index (χ4v) is 3.86. The smallest absolute Gasteiger partial charge is 0.366 e. The van der Waals surface area contributed by atoms with E-state index >= 15 is 0 Å². The van der Waals surface area contributed by atoms with E-state index in [-0.39, 0.29) is 6.61 Å². The minimum Gasteiger partial charge on any atom is -0.477 e. The SMILES string of the molecule is C=CCO[C@]1(C(=O)O)C[C@@H](O)[C@@H](O)[C@@H]([C@H](O)CO[C@]2(C(=O)OC)C[C@@H](O)[C@@H](O)[C@@H]([C@H](O)CO)O2)O1. The Labute approximate surface area is 199 Å². The largest absolute Gasteiger partial charge is 0.477 e. The van der Waals surface area contributed by atoms with Gasteiger partial charge in [-0.25, -0.2) is 9.59 Å². The van der Waals surface area contributed by atoms with E-state index < -0.39 is 98.4 Å². The number of methoxy groups -OCH3 is 1. The molecular weight excluding hydrogens is 480 g/mol. The van der Waals surface area contributed by atoms with Crippen molar-refractivity contribution in [2.45, 2.75) is 73.2 Å². The summed E-state index contributed by atoms with van der Waals surface area (Å²) in [4.78, 5) is 24.3. The number of hydrogen-bond acceptors (Lipinski definition) is 14. The standard InChI is InChI=1S/C20H32O15/c1-3-4-32-19(17(28)29)5-9(22)14(27)16(34-19)12(25)8-33-20(18(30)31-2)6-10(23)13(26)15(35-20)11(24)7-21/h3,9-16,21-27H,1,4-8H2,2H3,(H,28,29)/t9-,10-,11-,12-,13-,14-,15-,16-,19-,20-/m1/s1. The number of esters is 1. The highest BCUT2D eigenvalue weighted by atomic mass is 16.8. The Morgan fingerprint density at radius 3 is 2.00 bits per heavy atom. The van der Waals surface area contributed by atoms with Crippen LogP contribution in [-0.2, 0) is 33.3 Å². The second-order valence-corrected chi connectivity index (χ2v) is 8.22. The van der Waals surface area contributed by atoms with Crippen LogP contribution in [0, 0.1) is 0 Å². The zero-order valence-electron chi connectivity index (χ0n) is 18.9. The van der Waals surface area contributed by atoms with Crippen LogP contribution < -0.4 is 0 Å². The summed E-state index contributed by atoms with van der Waals surface area (Å²) in [7, 11) is 0.949. The van der Waals surface area contributed by atoms with Crippen LogP contribution in [0.3, 0.4) is 0 Å². The van der Waals surface area contributed by atoms with Gasteiger partial charge in [0.25, 0.3) is 11.6 Å². The summed E-state index contributed by atoms with van der Waals surface area (Å²) in [6.07, 6.45) is -14.2. The molecule has 0 aromatic rings. The summed E-state index contributed by atoms with van der Waals surface area (Å²) in [5.74, 6) is -7.82. The normalized spacial score (nSPS) is 39.4. The number of carboxylic acids is 1. The molecule has 0 amide bonds. The molecule has 35 heavy (non-hydrogen) atoms. The number of carbonyl (C=O) groups is 2. The molecule has 15 nitrogen and oxygen atoms in total. The highest BCUT2D eigenvalue weighted by molar-refractivity contribution is 5.78. The lowest BCUT2D eigenvalue weighted by atomic mass is 9.91. The maximum absolute atomic E-state index is 12.5. The van der Waals surface area contributed by atoms with Gasteiger partial charge in [0.15, 0.2) is 0 Å². The Morgan fingerprint density at radius 1 is 1.00 bits per heavy atom. The van der Waals surface area contributed by atoms with Gasteiger partial charge in [0.2, 0.25) is 0 Å². The van der Waals surface area contributed by atoms with Crippen LogP contribution in [0.2, 0.25) is 0 Å². The number of aliphatic hydroxyl groups excluding tert-OH is 7. The quantitative estimate of drug-likeness (QED) is 0.0962. The average Bonchev–Trinajstić information content (AvgIpc) is 2.83. The van der Waals surface area contributed by atoms with Crippen molar-refractivity contribution in [3.05, 3.63) is 12.7 Å². The van der Waals surface area contributed by atoms with E-state index in [0.717, 1.165) is 7.11 Å². The van der Waals surface area contributed by atoms with E-state index in [2.05, 4.69) is 11.3 Å². The highest BCUT2D eigenvalue weighted by Crippen LogP contribution is 2.36. The summed E-state index contributed by atoms with van der Waals surface area (Å²) in [6, 6.07) is 0. The lowest BCUT2D eigenvalue weighted by molar-refractivity contribution is -0.342. The van der Waals surface area contributed by atoms with E-state index in [4.69, 9.17) is 18.9 Å². The van der Waals surface area contributed by atoms with Crippen LogP contribution in [0.1, 0.15) is 12.8 Å². The number of rotatable bonds is 11. The number of hydrogen-bond donors (Lipinski definition) is 8. The molecule has 15 heteroatoms. The van der Waals surface area contributed by atoms with E-state index in [1.165, 1.54) is 6.08 Å². The molecule has 2 aliphatic rings. The molecular formula is C20H32O15. The number of carbonyl (C=O) groups excluding carboxylic acids is 1. The second-order valence-electron chi connectivity index (χ2n) is 8.22. The third-order valence-electron chi connectivity index (χ3n) is 5.76. The van der Waals surface area contributed by atoms with Crippen molar-refractivity contribution in [2.75, 3.05) is 26.9 Å². The molecule has 0 aliphatic carbocycles. The third-order valence-corrected chi connectivity index (χ3v) is 5.76. The van der Waals surface area contributed by atoms with Crippen molar-refractivity contribution in [2.24, 2.45) is 0 Å². The van der Waals surface area contributed by atoms with Crippen molar-refractivity contribution in [3.8, 4) is 0 Å². The van der Waals surface area contributed by atoms with Gasteiger partial charge in [-0.1, -0.05) is 6.08 Å². The first-order valence-corrected chi connectivity index (χ1v) is 10.6. The molecule has 202 valence electrons. The minimum atomic E-state index is -2.49. The molecule has 0 saturated carbocycles. The van der Waals surface area contributed by atoms with Crippen molar-refractivity contribution in [1.82, 2.24) is 0 Å². The van der Waals surface area contributed by atoms with Gasteiger partial charge in [-0.3, -0.25) is 0 Å². The van der Waals surface area contributed by atoms with Gasteiger partial charge in [0.05, 0.1) is 39.1 Å². The van der Waals surface area contributed by atoms with E-state index in [0.29, 0.717) is 0 Å². The van der Waals surface area contributed by atoms with Gasteiger partial charge < -0.3 is 64.5 Å². The van der Waals surface area contributed by atoms with Crippen molar-refractivity contribution in [3.63, 3.8) is 0 Å². The fraction of sp³-hybridized carbons (Fsp3) is 0.800. The number of carboxylic acid groups (broad SMARTS) is 1. The Bertz CT molecular complexity index is 748. The van der Waals surface area contributed by atoms with Crippen LogP contribution in [-0.4, -0.2) is 140 Å². The molecule has 2 heterocycles. The molecule has 2 rings (SSSR count). The first-order valence-electron chi connectivity index (χ1n) is 10.6. The van der Waals surface area contributed by atoms with Gasteiger partial charge in [-0.2, -0.15) is 0 Å². The lowest BCUT2D eigenvalue weighted by Crippen LogP contribution is -2.65. The molecule has 0 aromatic heterocycles. The first kappa shape index (κ1) is 29.5. The topological polar surface area (TPSA) is 242 Å². The summed E-state index contributed by atoms with van der Waals surface area (Å²) < 4.78 is 25.9. The van der Waals surface area contributed by atoms with Crippen LogP contribution in [0.25, 0.3) is 0 Å². The Balaban J connectivity index is 2.27. The Hall–Kier alpha value is -1.76. The van der Waals surface area contributed by atoms with Gasteiger partial charge in [-0.15, -0.1) is 6.58 Å². The minimum absolute atomic E-state index is 0.303. The maximum atomic E-state index is 12.5. The molecule has 2 fully saturated rings. The van der Waals surface area contributed by atoms with E-state index in [1.807, 2.05) is 0 Å². The molecule has 0 unspecified atom stereocenters. The van der Waals surface area contributed by atoms with E-state index in [9.17, 15) is 50.4 Å². The molecule has 0 spiro atoms. The molecule has 0 aromatic carbocycles. The van der Waals surface area contributed by atoms with Crippen LogP contribution in [0.15, 0.2) is 12.7 Å². The summed E-state index contributed by atoms with van der Waals surface area (Å²) in [5.41, 5.74) is 0. The maximum Gasteiger partial charge on any atom is 0.366 e. The molecule has 0 bridgehead atoms. The molecule has 0 radical (unpaired) electrons. The van der Waals surface area contributed by atoms with Gasteiger partial charge in [-0.05, 0) is 0 Å². The Kier molecular flexibility index (Phi) is 10.1. The average molecular weight is 512 g/mol. The monoisotopic (exact) mass is 512 g/mol. The summed E-state index contributed by atoms with van der Waals surface area (Å²) in [5, 5.41) is 80.2. The predicted molar refractivity (Wildman–Crippen MR) is 109 cm³/mol. The third kappa shape index (κ3) is 6.15. The van der Waals surface area contributed by atoms with Crippen LogP contribution in [0.5, 0.6) is 0 Å². The van der Waals surface area contributed by atoms with Gasteiger partial charge in [0, 0.05) is 12.8 Å². The summed E-state index contributed by atoms with van der Waals surface area (Å²) >= 11 is 0. The number of aliphatic hydroxyl groups is 7. The number of ether oxygens (including phenoxy) is 5. The zero-order valence-corrected chi connectivity index (χ0v) is 18.9. The zero-order chi connectivity index (χ0) is 26.6. The van der Waals surface area contributed by atoms with E-state index in [1.54, 1.807) is 0 Å². The summed E-state index contributed by atoms with van der Waals surface area (Å²) in [6.45, 7) is 1.27.